The van der Waals surface area contributed by atoms with Crippen molar-refractivity contribution in [2.24, 2.45) is 5.92 Å². The summed E-state index contributed by atoms with van der Waals surface area (Å²) in [7, 11) is 0. The van der Waals surface area contributed by atoms with Crippen molar-refractivity contribution in [2.45, 2.75) is 32.2 Å². The number of hydrogen-bond donors (Lipinski definition) is 2. The topological polar surface area (TPSA) is 44.7 Å². The van der Waals surface area contributed by atoms with Gasteiger partial charge < -0.3 is 15.2 Å². The lowest BCUT2D eigenvalue weighted by Gasteiger charge is -2.35. The van der Waals surface area contributed by atoms with Gasteiger partial charge in [-0.05, 0) is 37.0 Å². The van der Waals surface area contributed by atoms with E-state index >= 15 is 0 Å². The van der Waals surface area contributed by atoms with Crippen LogP contribution >= 0.6 is 0 Å². The molecule has 2 aliphatic rings. The molecule has 4 nitrogen and oxygen atoms in total. The summed E-state index contributed by atoms with van der Waals surface area (Å²) in [6, 6.07) is 6.34. The highest BCUT2D eigenvalue weighted by Gasteiger charge is 2.30. The van der Waals surface area contributed by atoms with Crippen LogP contribution in [0.2, 0.25) is 0 Å². The van der Waals surface area contributed by atoms with Crippen LogP contribution in [0.1, 0.15) is 37.8 Å². The highest BCUT2D eigenvalue weighted by Crippen LogP contribution is 2.41. The van der Waals surface area contributed by atoms with Crippen LogP contribution in [-0.2, 0) is 0 Å². The normalized spacial score (nSPS) is 21.2. The Kier molecular flexibility index (Phi) is 4.66. The van der Waals surface area contributed by atoms with E-state index in [1.54, 1.807) is 6.07 Å². The number of ether oxygens (including phenoxy) is 1. The van der Waals surface area contributed by atoms with Gasteiger partial charge in [0.2, 0.25) is 0 Å². The molecule has 21 heavy (non-hydrogen) atoms. The molecule has 4 heteroatoms. The molecule has 0 unspecified atom stereocenters. The van der Waals surface area contributed by atoms with Crippen LogP contribution in [0.3, 0.4) is 0 Å². The minimum Gasteiger partial charge on any atom is -0.504 e. The lowest BCUT2D eigenvalue weighted by Crippen LogP contribution is -2.45. The Morgan fingerprint density at radius 2 is 2.10 bits per heavy atom. The van der Waals surface area contributed by atoms with Gasteiger partial charge in [-0.3, -0.25) is 4.90 Å². The monoisotopic (exact) mass is 290 g/mol. The summed E-state index contributed by atoms with van der Waals surface area (Å²) >= 11 is 0. The predicted octanol–water partition coefficient (Wildman–Crippen LogP) is 2.54. The highest BCUT2D eigenvalue weighted by atomic mass is 16.5. The first-order chi connectivity index (χ1) is 10.3. The molecular weight excluding hydrogens is 264 g/mol. The molecule has 1 saturated heterocycles. The van der Waals surface area contributed by atoms with Crippen LogP contribution in [0.4, 0.5) is 0 Å². The van der Waals surface area contributed by atoms with Crippen molar-refractivity contribution in [3.05, 3.63) is 23.8 Å². The van der Waals surface area contributed by atoms with Gasteiger partial charge in [0.05, 0.1) is 6.61 Å². The number of benzene rings is 1. The Morgan fingerprint density at radius 3 is 2.76 bits per heavy atom. The average molecular weight is 290 g/mol. The molecule has 2 N–H and O–H groups in total. The molecule has 1 saturated carbocycles. The Morgan fingerprint density at radius 1 is 1.33 bits per heavy atom. The van der Waals surface area contributed by atoms with E-state index in [1.165, 1.54) is 24.8 Å². The van der Waals surface area contributed by atoms with Crippen LogP contribution in [0.15, 0.2) is 18.2 Å². The fourth-order valence-electron chi connectivity index (χ4n) is 3.17. The third kappa shape index (κ3) is 3.69. The molecule has 1 heterocycles. The molecule has 0 bridgehead atoms. The molecule has 2 fully saturated rings. The van der Waals surface area contributed by atoms with Crippen LogP contribution in [-0.4, -0.2) is 42.8 Å². The summed E-state index contributed by atoms with van der Waals surface area (Å²) in [4.78, 5) is 2.58. The van der Waals surface area contributed by atoms with Gasteiger partial charge in [-0.2, -0.15) is 0 Å². The maximum absolute atomic E-state index is 9.90. The Hall–Kier alpha value is -1.26. The van der Waals surface area contributed by atoms with E-state index in [1.807, 2.05) is 13.0 Å². The van der Waals surface area contributed by atoms with E-state index in [-0.39, 0.29) is 5.75 Å². The number of rotatable bonds is 6. The lowest BCUT2D eigenvalue weighted by atomic mass is 9.98. The van der Waals surface area contributed by atoms with Crippen LogP contribution in [0.25, 0.3) is 0 Å². The lowest BCUT2D eigenvalue weighted by molar-refractivity contribution is 0.160. The molecule has 1 aromatic rings. The van der Waals surface area contributed by atoms with Gasteiger partial charge in [0, 0.05) is 32.2 Å². The molecule has 0 amide bonds. The molecule has 0 radical (unpaired) electrons. The number of nitrogens with zero attached hydrogens (tertiary/aromatic N) is 1. The molecule has 1 aliphatic carbocycles. The second kappa shape index (κ2) is 6.67. The second-order valence-electron chi connectivity index (χ2n) is 6.14. The van der Waals surface area contributed by atoms with Crippen LogP contribution in [0, 0.1) is 5.92 Å². The zero-order chi connectivity index (χ0) is 14.7. The van der Waals surface area contributed by atoms with Crippen LogP contribution in [0.5, 0.6) is 11.5 Å². The summed E-state index contributed by atoms with van der Waals surface area (Å²) in [5.74, 6) is 1.74. The van der Waals surface area contributed by atoms with Gasteiger partial charge in [0.25, 0.3) is 0 Å². The minimum atomic E-state index is 0.242. The summed E-state index contributed by atoms with van der Waals surface area (Å²) in [5, 5.41) is 13.3. The fourth-order valence-corrected chi connectivity index (χ4v) is 3.17. The van der Waals surface area contributed by atoms with E-state index in [4.69, 9.17) is 4.74 Å². The smallest absolute Gasteiger partial charge is 0.161 e. The van der Waals surface area contributed by atoms with E-state index in [0.29, 0.717) is 18.4 Å². The number of phenolic OH excluding ortho intramolecular Hbond substituents is 1. The highest BCUT2D eigenvalue weighted by molar-refractivity contribution is 5.43. The summed E-state index contributed by atoms with van der Waals surface area (Å²) in [5.41, 5.74) is 1.28. The molecular formula is C17H26N2O2. The maximum Gasteiger partial charge on any atom is 0.161 e. The van der Waals surface area contributed by atoms with Crippen molar-refractivity contribution in [3.8, 4) is 11.5 Å². The molecule has 3 rings (SSSR count). The number of piperazine rings is 1. The average Bonchev–Trinajstić information content (AvgIpc) is 3.33. The molecule has 116 valence electrons. The van der Waals surface area contributed by atoms with Gasteiger partial charge in [-0.1, -0.05) is 18.9 Å². The SMILES string of the molecule is CCOc1cc([C@H](CC2CC2)N2CCNCC2)ccc1O. The number of aromatic hydroxyl groups is 1. The molecule has 1 atom stereocenters. The van der Waals surface area contributed by atoms with Crippen molar-refractivity contribution in [1.29, 1.82) is 0 Å². The van der Waals surface area contributed by atoms with Crippen molar-refractivity contribution >= 4 is 0 Å². The number of hydrogen-bond acceptors (Lipinski definition) is 4. The van der Waals surface area contributed by atoms with Crippen molar-refractivity contribution < 1.29 is 9.84 Å². The van der Waals surface area contributed by atoms with Crippen LogP contribution < -0.4 is 10.1 Å². The molecule has 1 aliphatic heterocycles. The van der Waals surface area contributed by atoms with E-state index in [9.17, 15) is 5.11 Å². The molecule has 0 aromatic heterocycles. The first kappa shape index (κ1) is 14.7. The summed E-state index contributed by atoms with van der Waals surface area (Å²) in [6.45, 7) is 6.86. The fraction of sp³-hybridized carbons (Fsp3) is 0.647. The maximum atomic E-state index is 9.90. The van der Waals surface area contributed by atoms with Gasteiger partial charge >= 0.3 is 0 Å². The van der Waals surface area contributed by atoms with Gasteiger partial charge in [-0.15, -0.1) is 0 Å². The first-order valence-electron chi connectivity index (χ1n) is 8.18. The van der Waals surface area contributed by atoms with Gasteiger partial charge in [0.15, 0.2) is 11.5 Å². The third-order valence-electron chi connectivity index (χ3n) is 4.51. The first-order valence-corrected chi connectivity index (χ1v) is 8.18. The predicted molar refractivity (Wildman–Crippen MR) is 83.8 cm³/mol. The minimum absolute atomic E-state index is 0.242. The van der Waals surface area contributed by atoms with Crippen molar-refractivity contribution in [3.63, 3.8) is 0 Å². The Bertz CT molecular complexity index is 468. The number of phenols is 1. The molecule has 0 spiro atoms. The standard InChI is InChI=1S/C17H26N2O2/c1-2-21-17-12-14(5-6-16(17)20)15(11-13-3-4-13)19-9-7-18-8-10-19/h5-6,12-13,15,18,20H,2-4,7-11H2,1H3/t15-/m0/s1. The quantitative estimate of drug-likeness (QED) is 0.845. The largest absolute Gasteiger partial charge is 0.504 e. The van der Waals surface area contributed by atoms with E-state index < -0.39 is 0 Å². The second-order valence-corrected chi connectivity index (χ2v) is 6.14. The zero-order valence-corrected chi connectivity index (χ0v) is 12.8. The van der Waals surface area contributed by atoms with E-state index in [2.05, 4.69) is 16.3 Å². The van der Waals surface area contributed by atoms with Crippen molar-refractivity contribution in [1.82, 2.24) is 10.2 Å². The van der Waals surface area contributed by atoms with Gasteiger partial charge in [0.1, 0.15) is 0 Å². The van der Waals surface area contributed by atoms with Crippen molar-refractivity contribution in [2.75, 3.05) is 32.8 Å². The summed E-state index contributed by atoms with van der Waals surface area (Å²) < 4.78 is 5.55. The Labute approximate surface area is 127 Å². The summed E-state index contributed by atoms with van der Waals surface area (Å²) in [6.07, 6.45) is 3.98. The Balaban J connectivity index is 1.82. The third-order valence-corrected chi connectivity index (χ3v) is 4.51. The molecule has 1 aromatic carbocycles. The number of nitrogens with one attached hydrogen (secondary N) is 1. The zero-order valence-electron chi connectivity index (χ0n) is 12.8. The van der Waals surface area contributed by atoms with Gasteiger partial charge in [-0.25, -0.2) is 0 Å². The van der Waals surface area contributed by atoms with E-state index in [0.717, 1.165) is 32.1 Å².